The molecule has 0 fully saturated rings. The molecule has 2 aliphatic heterocycles. The molecule has 0 radical (unpaired) electrons. The molecule has 2 aliphatic rings. The fraction of sp³-hybridized carbons (Fsp3) is 0.375. The van der Waals surface area contributed by atoms with Crippen molar-refractivity contribution in [1.82, 2.24) is 49.8 Å². The normalized spacial score (nSPS) is 12.7. The van der Waals surface area contributed by atoms with E-state index in [9.17, 15) is 0 Å². The summed E-state index contributed by atoms with van der Waals surface area (Å²) in [6.45, 7) is 13.3. The molecule has 0 aliphatic carbocycles. The highest BCUT2D eigenvalue weighted by Gasteiger charge is 2.28. The molecule has 2 N–H and O–H groups in total. The zero-order chi connectivity index (χ0) is 39.9. The molecule has 294 valence electrons. The standard InChI is InChI=1S/C48H52N10/c1-7-17-31-32(18-8-2)42-51-41(31)52-43-33(19-9-3)35(21-11-5)45(54-43)56-47-39-40(48(58-47)57-46-36(22-12-6)34(20-10-4)44(53-42)55-46)50-38-30-26-16-14-24-28(30)27-23-13-15-25-29(27)37(38)49-39/h13-16,23-26H,7-12,17-22H2,1-6H3,(H2,51,52,53,54,55,56,57,58). The molecular formula is C48H52N10. The average Bonchev–Trinajstić information content (AvgIpc) is 3.93. The Morgan fingerprint density at radius 2 is 0.655 bits per heavy atom. The van der Waals surface area contributed by atoms with Crippen molar-refractivity contribution in [2.24, 2.45) is 0 Å². The number of fused-ring (bicyclic) bond motifs is 17. The van der Waals surface area contributed by atoms with Gasteiger partial charge in [-0.1, -0.05) is 129 Å². The number of H-pyrrole nitrogens is 2. The van der Waals surface area contributed by atoms with Crippen molar-refractivity contribution < 1.29 is 0 Å². The van der Waals surface area contributed by atoms with Gasteiger partial charge in [0.25, 0.3) is 0 Å². The van der Waals surface area contributed by atoms with Gasteiger partial charge in [0.2, 0.25) is 0 Å². The highest BCUT2D eigenvalue weighted by atomic mass is 15.1. The fourth-order valence-electron chi connectivity index (χ4n) is 9.03. The van der Waals surface area contributed by atoms with E-state index in [0.717, 1.165) is 155 Å². The van der Waals surface area contributed by atoms with E-state index in [1.165, 1.54) is 22.3 Å². The van der Waals surface area contributed by atoms with Gasteiger partial charge >= 0.3 is 0 Å². The van der Waals surface area contributed by atoms with E-state index in [-0.39, 0.29) is 0 Å². The van der Waals surface area contributed by atoms with Crippen molar-refractivity contribution in [3.63, 3.8) is 0 Å². The van der Waals surface area contributed by atoms with Crippen LogP contribution >= 0.6 is 0 Å². The van der Waals surface area contributed by atoms with E-state index >= 15 is 0 Å². The van der Waals surface area contributed by atoms with Gasteiger partial charge in [-0.3, -0.25) is 0 Å². The van der Waals surface area contributed by atoms with E-state index in [4.69, 9.17) is 39.9 Å². The SMILES string of the molecule is CCCC1=C(CCC)c2nc1nc1[nH]c(nc3nc(nc4[nH]c(n2)c(CCC)c4CCC)-c2nc4c5ccccc5c5ccccc5c4nc2-3)c(CCC)c1CCC. The third-order valence-electron chi connectivity index (χ3n) is 11.5. The second kappa shape index (κ2) is 15.8. The number of hydrogen-bond acceptors (Lipinski definition) is 8. The van der Waals surface area contributed by atoms with Gasteiger partial charge in [-0.2, -0.15) is 0 Å². The minimum Gasteiger partial charge on any atom is -0.324 e. The lowest BCUT2D eigenvalue weighted by molar-refractivity contribution is 0.872. The zero-order valence-electron chi connectivity index (χ0n) is 34.7. The Morgan fingerprint density at radius 3 is 1.00 bits per heavy atom. The number of aromatic nitrogens is 10. The maximum Gasteiger partial charge on any atom is 0.184 e. The second-order valence-corrected chi connectivity index (χ2v) is 15.7. The molecule has 58 heavy (non-hydrogen) atoms. The summed E-state index contributed by atoms with van der Waals surface area (Å²) in [4.78, 5) is 50.4. The molecule has 6 heterocycles. The smallest absolute Gasteiger partial charge is 0.184 e. The first-order valence-corrected chi connectivity index (χ1v) is 21.6. The first kappa shape index (κ1) is 37.7. The molecule has 0 spiro atoms. The number of aryl methyl sites for hydroxylation is 4. The molecule has 0 amide bonds. The van der Waals surface area contributed by atoms with Gasteiger partial charge in [0.15, 0.2) is 23.3 Å². The molecule has 0 unspecified atom stereocenters. The predicted octanol–water partition coefficient (Wildman–Crippen LogP) is 11.8. The largest absolute Gasteiger partial charge is 0.324 e. The molecule has 4 aromatic heterocycles. The molecule has 7 aromatic rings. The van der Waals surface area contributed by atoms with E-state index in [0.29, 0.717) is 23.0 Å². The van der Waals surface area contributed by atoms with Crippen LogP contribution < -0.4 is 0 Å². The monoisotopic (exact) mass is 768 g/mol. The van der Waals surface area contributed by atoms with Gasteiger partial charge < -0.3 is 9.97 Å². The molecule has 0 saturated heterocycles. The van der Waals surface area contributed by atoms with Crippen molar-refractivity contribution >= 4 is 66.3 Å². The second-order valence-electron chi connectivity index (χ2n) is 15.7. The highest BCUT2D eigenvalue weighted by Crippen LogP contribution is 2.40. The van der Waals surface area contributed by atoms with Crippen LogP contribution in [-0.2, 0) is 25.7 Å². The summed E-state index contributed by atoms with van der Waals surface area (Å²) in [5, 5.41) is 4.37. The summed E-state index contributed by atoms with van der Waals surface area (Å²) in [6, 6.07) is 16.9. The lowest BCUT2D eigenvalue weighted by Crippen LogP contribution is -1.96. The summed E-state index contributed by atoms with van der Waals surface area (Å²) in [7, 11) is 0. The van der Waals surface area contributed by atoms with Gasteiger partial charge in [-0.15, -0.1) is 0 Å². The average molecular weight is 769 g/mol. The number of benzene rings is 3. The van der Waals surface area contributed by atoms with Gasteiger partial charge in [-0.05, 0) is 49.3 Å². The molecule has 10 nitrogen and oxygen atoms in total. The van der Waals surface area contributed by atoms with Crippen LogP contribution in [0.4, 0.5) is 0 Å². The third kappa shape index (κ3) is 6.33. The highest BCUT2D eigenvalue weighted by molar-refractivity contribution is 6.23. The van der Waals surface area contributed by atoms with E-state index in [1.807, 2.05) is 0 Å². The topological polar surface area (TPSA) is 135 Å². The predicted molar refractivity (Wildman–Crippen MR) is 237 cm³/mol. The number of rotatable bonds is 12. The van der Waals surface area contributed by atoms with Crippen molar-refractivity contribution in [2.75, 3.05) is 0 Å². The molecule has 0 saturated carbocycles. The number of aromatic amines is 2. The first-order valence-electron chi connectivity index (χ1n) is 21.6. The van der Waals surface area contributed by atoms with Crippen molar-refractivity contribution in [3.05, 3.63) is 82.4 Å². The molecular weight excluding hydrogens is 717 g/mol. The Labute approximate surface area is 339 Å². The van der Waals surface area contributed by atoms with Crippen LogP contribution in [0, 0.1) is 0 Å². The third-order valence-corrected chi connectivity index (χ3v) is 11.5. The van der Waals surface area contributed by atoms with Crippen molar-refractivity contribution in [3.8, 4) is 23.0 Å². The first-order chi connectivity index (χ1) is 28.5. The molecule has 0 atom stereocenters. The van der Waals surface area contributed by atoms with Crippen LogP contribution in [0.2, 0.25) is 0 Å². The van der Waals surface area contributed by atoms with Gasteiger partial charge in [0, 0.05) is 44.2 Å². The Hall–Kier alpha value is -5.90. The maximum atomic E-state index is 5.44. The van der Waals surface area contributed by atoms with Crippen LogP contribution in [0.15, 0.2) is 48.5 Å². The van der Waals surface area contributed by atoms with E-state index in [2.05, 4.69) is 100 Å². The summed E-state index contributed by atoms with van der Waals surface area (Å²) in [5.74, 6) is 2.49. The van der Waals surface area contributed by atoms with Gasteiger partial charge in [0.1, 0.15) is 34.0 Å². The molecule has 9 rings (SSSR count). The van der Waals surface area contributed by atoms with Crippen LogP contribution in [0.25, 0.3) is 89.3 Å². The van der Waals surface area contributed by atoms with Crippen LogP contribution in [0.3, 0.4) is 0 Å². The quantitative estimate of drug-likeness (QED) is 0.117. The van der Waals surface area contributed by atoms with Crippen LogP contribution in [0.1, 0.15) is 127 Å². The van der Waals surface area contributed by atoms with E-state index in [1.54, 1.807) is 0 Å². The van der Waals surface area contributed by atoms with Crippen LogP contribution in [-0.4, -0.2) is 49.8 Å². The van der Waals surface area contributed by atoms with E-state index < -0.39 is 0 Å². The lowest BCUT2D eigenvalue weighted by atomic mass is 9.99. The van der Waals surface area contributed by atoms with Crippen LogP contribution in [0.5, 0.6) is 0 Å². The Morgan fingerprint density at radius 1 is 0.345 bits per heavy atom. The summed E-state index contributed by atoms with van der Waals surface area (Å²) >= 11 is 0. The number of nitrogens with one attached hydrogen (secondary N) is 2. The number of nitrogens with zero attached hydrogens (tertiary/aromatic N) is 8. The molecule has 8 bridgehead atoms. The van der Waals surface area contributed by atoms with Crippen molar-refractivity contribution in [2.45, 2.75) is 119 Å². The summed E-state index contributed by atoms with van der Waals surface area (Å²) in [6.07, 6.45) is 11.1. The molecule has 10 heteroatoms. The summed E-state index contributed by atoms with van der Waals surface area (Å²) < 4.78 is 0. The minimum absolute atomic E-state index is 0.494. The number of hydrogen-bond donors (Lipinski definition) is 2. The lowest BCUT2D eigenvalue weighted by Gasteiger charge is -2.10. The molecule has 3 aromatic carbocycles. The van der Waals surface area contributed by atoms with Crippen molar-refractivity contribution in [1.29, 1.82) is 0 Å². The Bertz CT molecular complexity index is 2740. The van der Waals surface area contributed by atoms with Gasteiger partial charge in [-0.25, -0.2) is 39.9 Å². The summed E-state index contributed by atoms with van der Waals surface area (Å²) in [5.41, 5.74) is 13.1. The minimum atomic E-state index is 0.494. The van der Waals surface area contributed by atoms with Gasteiger partial charge in [0.05, 0.1) is 11.0 Å². The zero-order valence-corrected chi connectivity index (χ0v) is 34.7. The Balaban J connectivity index is 1.47. The fourth-order valence-corrected chi connectivity index (χ4v) is 9.03. The Kier molecular flexibility index (Phi) is 10.3. The maximum absolute atomic E-state index is 5.44. The number of allylic oxidation sites excluding steroid dienone is 2.